The average molecular weight is 555 g/mol. The summed E-state index contributed by atoms with van der Waals surface area (Å²) in [5.74, 6) is 1.78. The zero-order valence-electron chi connectivity index (χ0n) is 18.7. The maximum absolute atomic E-state index is 4.61. The predicted molar refractivity (Wildman–Crippen MR) is 142 cm³/mol. The number of aryl methyl sites for hydroxylation is 1. The highest BCUT2D eigenvalue weighted by Gasteiger charge is 2.23. The van der Waals surface area contributed by atoms with Crippen molar-refractivity contribution in [1.29, 1.82) is 0 Å². The number of nitrogens with one attached hydrogen (secondary N) is 1. The summed E-state index contributed by atoms with van der Waals surface area (Å²) in [7, 11) is 1.91. The van der Waals surface area contributed by atoms with E-state index >= 15 is 0 Å². The van der Waals surface area contributed by atoms with Crippen LogP contribution in [-0.4, -0.2) is 73.6 Å². The number of piperidine rings is 1. The highest BCUT2D eigenvalue weighted by molar-refractivity contribution is 14.0. The lowest BCUT2D eigenvalue weighted by Crippen LogP contribution is -2.53. The molecule has 170 valence electrons. The molecule has 0 bridgehead atoms. The number of rotatable bonds is 5. The number of guanidine groups is 1. The summed E-state index contributed by atoms with van der Waals surface area (Å²) in [5, 5.41) is 7.03. The Hall–Kier alpha value is -1.39. The van der Waals surface area contributed by atoms with Crippen molar-refractivity contribution in [3.8, 4) is 0 Å². The normalized spacial score (nSPS) is 18.7. The number of likely N-dealkylation sites (tertiary alicyclic amines) is 1. The zero-order valence-corrected chi connectivity index (χ0v) is 21.8. The Bertz CT molecular complexity index is 810. The molecule has 31 heavy (non-hydrogen) atoms. The van der Waals surface area contributed by atoms with E-state index in [1.807, 2.05) is 7.05 Å². The second kappa shape index (κ2) is 12.0. The summed E-state index contributed by atoms with van der Waals surface area (Å²) in [6.07, 6.45) is 2.49. The monoisotopic (exact) mass is 554 g/mol. The molecule has 1 aromatic carbocycles. The number of benzene rings is 1. The van der Waals surface area contributed by atoms with Crippen molar-refractivity contribution in [3.05, 3.63) is 46.4 Å². The summed E-state index contributed by atoms with van der Waals surface area (Å²) in [5.41, 5.74) is 2.55. The van der Waals surface area contributed by atoms with Crippen LogP contribution in [0.2, 0.25) is 0 Å². The van der Waals surface area contributed by atoms with E-state index in [1.165, 1.54) is 29.2 Å². The Kier molecular flexibility index (Phi) is 9.40. The highest BCUT2D eigenvalue weighted by Crippen LogP contribution is 2.20. The molecule has 2 aromatic rings. The number of aromatic nitrogens is 1. The molecular weight excluding hydrogens is 519 g/mol. The largest absolute Gasteiger partial charge is 0.368 e. The van der Waals surface area contributed by atoms with Crippen LogP contribution in [0.1, 0.15) is 23.5 Å². The molecule has 8 heteroatoms. The van der Waals surface area contributed by atoms with Crippen molar-refractivity contribution in [3.63, 3.8) is 0 Å². The third-order valence-electron chi connectivity index (χ3n) is 6.22. The van der Waals surface area contributed by atoms with Gasteiger partial charge < -0.3 is 15.1 Å². The van der Waals surface area contributed by atoms with Gasteiger partial charge in [-0.15, -0.1) is 35.3 Å². The van der Waals surface area contributed by atoms with Gasteiger partial charge in [0.1, 0.15) is 0 Å². The number of hydrogen-bond donors (Lipinski definition) is 1. The van der Waals surface area contributed by atoms with Crippen molar-refractivity contribution in [2.45, 2.75) is 26.3 Å². The lowest BCUT2D eigenvalue weighted by molar-refractivity contribution is 0.176. The molecule has 0 aliphatic carbocycles. The van der Waals surface area contributed by atoms with Crippen LogP contribution in [0.3, 0.4) is 0 Å². The van der Waals surface area contributed by atoms with Crippen LogP contribution >= 0.6 is 35.3 Å². The van der Waals surface area contributed by atoms with Crippen LogP contribution in [-0.2, 0) is 6.54 Å². The number of hydrogen-bond acceptors (Lipinski definition) is 5. The van der Waals surface area contributed by atoms with Gasteiger partial charge >= 0.3 is 0 Å². The fraction of sp³-hybridized carbons (Fsp3) is 0.565. The quantitative estimate of drug-likeness (QED) is 0.347. The van der Waals surface area contributed by atoms with Crippen LogP contribution < -0.4 is 10.2 Å². The standard InChI is InChI=1S/C23H34N6S.HI/c1-19-26-21(18-30-19)17-27-10-8-20(9-11-27)16-25-23(24-2)29-14-12-28(13-15-29)22-6-4-3-5-7-22;/h3-7,18,20H,8-17H2,1-2H3,(H,24,25);1H. The van der Waals surface area contributed by atoms with Gasteiger partial charge in [-0.25, -0.2) is 4.98 Å². The molecule has 1 N–H and O–H groups in total. The summed E-state index contributed by atoms with van der Waals surface area (Å²) in [6.45, 7) is 10.5. The second-order valence-electron chi connectivity index (χ2n) is 8.32. The first-order valence-corrected chi connectivity index (χ1v) is 12.0. The van der Waals surface area contributed by atoms with Gasteiger partial charge in [0.15, 0.2) is 5.96 Å². The summed E-state index contributed by atoms with van der Waals surface area (Å²) in [4.78, 5) is 16.6. The van der Waals surface area contributed by atoms with Crippen LogP contribution in [0.15, 0.2) is 40.7 Å². The van der Waals surface area contributed by atoms with Crippen molar-refractivity contribution in [2.75, 3.05) is 57.8 Å². The summed E-state index contributed by atoms with van der Waals surface area (Å²) < 4.78 is 0. The lowest BCUT2D eigenvalue weighted by atomic mass is 9.97. The van der Waals surface area contributed by atoms with Gasteiger partial charge in [0.2, 0.25) is 0 Å². The van der Waals surface area contributed by atoms with E-state index in [2.05, 4.69) is 72.6 Å². The third kappa shape index (κ3) is 6.79. The van der Waals surface area contributed by atoms with E-state index in [1.54, 1.807) is 11.3 Å². The highest BCUT2D eigenvalue weighted by atomic mass is 127. The van der Waals surface area contributed by atoms with Crippen LogP contribution in [0.5, 0.6) is 0 Å². The molecule has 0 unspecified atom stereocenters. The fourth-order valence-corrected chi connectivity index (χ4v) is 5.05. The maximum atomic E-state index is 4.61. The van der Waals surface area contributed by atoms with E-state index < -0.39 is 0 Å². The van der Waals surface area contributed by atoms with E-state index in [0.29, 0.717) is 0 Å². The number of thiazole rings is 1. The van der Waals surface area contributed by atoms with Gasteiger partial charge in [0.25, 0.3) is 0 Å². The molecule has 0 spiro atoms. The molecule has 0 saturated carbocycles. The zero-order chi connectivity index (χ0) is 20.8. The van der Waals surface area contributed by atoms with Crippen LogP contribution in [0.25, 0.3) is 0 Å². The predicted octanol–water partition coefficient (Wildman–Crippen LogP) is 3.68. The Morgan fingerprint density at radius 2 is 1.81 bits per heavy atom. The van der Waals surface area contributed by atoms with E-state index in [9.17, 15) is 0 Å². The van der Waals surface area contributed by atoms with Crippen molar-refractivity contribution in [2.24, 2.45) is 10.9 Å². The van der Waals surface area contributed by atoms with E-state index in [0.717, 1.165) is 64.2 Å². The van der Waals surface area contributed by atoms with Gasteiger partial charge in [-0.05, 0) is 50.9 Å². The minimum absolute atomic E-state index is 0. The van der Waals surface area contributed by atoms with Gasteiger partial charge in [0.05, 0.1) is 10.7 Å². The Labute approximate surface area is 207 Å². The van der Waals surface area contributed by atoms with Crippen molar-refractivity contribution >= 4 is 47.0 Å². The van der Waals surface area contributed by atoms with Crippen LogP contribution in [0.4, 0.5) is 5.69 Å². The molecule has 0 amide bonds. The first-order valence-electron chi connectivity index (χ1n) is 11.1. The minimum Gasteiger partial charge on any atom is -0.368 e. The third-order valence-corrected chi connectivity index (χ3v) is 7.04. The fourth-order valence-electron chi connectivity index (χ4n) is 4.44. The van der Waals surface area contributed by atoms with E-state index in [4.69, 9.17) is 0 Å². The molecule has 6 nitrogen and oxygen atoms in total. The summed E-state index contributed by atoms with van der Waals surface area (Å²) in [6, 6.07) is 10.7. The van der Waals surface area contributed by atoms with Crippen molar-refractivity contribution < 1.29 is 0 Å². The molecule has 0 radical (unpaired) electrons. The van der Waals surface area contributed by atoms with Gasteiger partial charge in [-0.2, -0.15) is 0 Å². The molecule has 2 aliphatic heterocycles. The minimum atomic E-state index is 0. The summed E-state index contributed by atoms with van der Waals surface area (Å²) >= 11 is 1.75. The first kappa shape index (κ1) is 24.3. The molecule has 0 atom stereocenters. The second-order valence-corrected chi connectivity index (χ2v) is 9.38. The van der Waals surface area contributed by atoms with Gasteiger partial charge in [-0.1, -0.05) is 18.2 Å². The number of para-hydroxylation sites is 1. The van der Waals surface area contributed by atoms with Gasteiger partial charge in [0, 0.05) is 57.4 Å². The molecule has 2 saturated heterocycles. The Balaban J connectivity index is 0.00000272. The molecule has 3 heterocycles. The van der Waals surface area contributed by atoms with Gasteiger partial charge in [-0.3, -0.25) is 9.89 Å². The number of piperazine rings is 1. The van der Waals surface area contributed by atoms with Crippen molar-refractivity contribution in [1.82, 2.24) is 20.1 Å². The molecule has 1 aromatic heterocycles. The Morgan fingerprint density at radius 3 is 2.42 bits per heavy atom. The number of anilines is 1. The molecular formula is C23H35IN6S. The first-order chi connectivity index (χ1) is 14.7. The number of nitrogens with zero attached hydrogens (tertiary/aromatic N) is 5. The number of halogens is 1. The lowest BCUT2D eigenvalue weighted by Gasteiger charge is -2.38. The number of aliphatic imine (C=N–C) groups is 1. The molecule has 4 rings (SSSR count). The van der Waals surface area contributed by atoms with Crippen LogP contribution in [0, 0.1) is 12.8 Å². The smallest absolute Gasteiger partial charge is 0.193 e. The average Bonchev–Trinajstić information content (AvgIpc) is 3.21. The SMILES string of the molecule is CN=C(NCC1CCN(Cc2csc(C)n2)CC1)N1CCN(c2ccccc2)CC1.I. The molecule has 2 fully saturated rings. The van der Waals surface area contributed by atoms with E-state index in [-0.39, 0.29) is 24.0 Å². The molecule has 2 aliphatic rings. The topological polar surface area (TPSA) is 47.0 Å². The Morgan fingerprint density at radius 1 is 1.10 bits per heavy atom. The maximum Gasteiger partial charge on any atom is 0.193 e.